The number of fused-ring (bicyclic) bond motifs is 1. The molecule has 3 aromatic carbocycles. The molecule has 8 heteroatoms. The molecule has 1 N–H and O–H groups in total. The number of carbonyl (C=O) groups excluding carboxylic acids is 1. The Balaban J connectivity index is 1.37. The van der Waals surface area contributed by atoms with Gasteiger partial charge in [0.1, 0.15) is 12.4 Å². The van der Waals surface area contributed by atoms with Gasteiger partial charge in [-0.05, 0) is 72.6 Å². The van der Waals surface area contributed by atoms with Crippen molar-refractivity contribution in [2.24, 2.45) is 5.10 Å². The zero-order valence-electron chi connectivity index (χ0n) is 17.4. The van der Waals surface area contributed by atoms with Gasteiger partial charge in [0, 0.05) is 13.1 Å². The van der Waals surface area contributed by atoms with E-state index in [-0.39, 0.29) is 5.91 Å². The smallest absolute Gasteiger partial charge is 0.254 e. The number of hydrazone groups is 1. The average Bonchev–Trinajstić information content (AvgIpc) is 2.79. The van der Waals surface area contributed by atoms with Crippen molar-refractivity contribution in [3.63, 3.8) is 0 Å². The molecule has 4 rings (SSSR count). The van der Waals surface area contributed by atoms with E-state index in [1.54, 1.807) is 6.21 Å². The van der Waals surface area contributed by atoms with Crippen molar-refractivity contribution in [2.45, 2.75) is 6.61 Å². The summed E-state index contributed by atoms with van der Waals surface area (Å²) in [4.78, 5) is 14.1. The van der Waals surface area contributed by atoms with E-state index < -0.39 is 0 Å². The largest absolute Gasteiger partial charge is 0.487 e. The minimum absolute atomic E-state index is 0.132. The highest BCUT2D eigenvalue weighted by molar-refractivity contribution is 14.1. The number of hydrogen-bond acceptors (Lipinski definition) is 5. The maximum Gasteiger partial charge on any atom is 0.254 e. The number of nitrogens with one attached hydrogen (secondary N) is 1. The zero-order valence-corrected chi connectivity index (χ0v) is 21.1. The van der Waals surface area contributed by atoms with Crippen molar-refractivity contribution >= 4 is 61.4 Å². The molecule has 0 bridgehead atoms. The van der Waals surface area contributed by atoms with Crippen LogP contribution in [0.25, 0.3) is 10.8 Å². The molecule has 1 aliphatic heterocycles. The van der Waals surface area contributed by atoms with Gasteiger partial charge < -0.3 is 9.47 Å². The Bertz CT molecular complexity index is 1100. The molecule has 0 spiro atoms. The monoisotopic (exact) mass is 607 g/mol. The van der Waals surface area contributed by atoms with Crippen LogP contribution in [0.5, 0.6) is 5.75 Å². The van der Waals surface area contributed by atoms with Crippen LogP contribution in [0.4, 0.5) is 0 Å². The van der Waals surface area contributed by atoms with Gasteiger partial charge in [0.15, 0.2) is 0 Å². The van der Waals surface area contributed by atoms with Crippen LogP contribution < -0.4 is 10.2 Å². The molecular weight excluding hydrogens is 585 g/mol. The fourth-order valence-electron chi connectivity index (χ4n) is 3.54. The Labute approximate surface area is 209 Å². The van der Waals surface area contributed by atoms with Gasteiger partial charge in [-0.1, -0.05) is 42.5 Å². The lowest BCUT2D eigenvalue weighted by Crippen LogP contribution is -2.42. The summed E-state index contributed by atoms with van der Waals surface area (Å²) in [6.07, 6.45) is 1.64. The number of amides is 1. The van der Waals surface area contributed by atoms with Crippen LogP contribution in [0.15, 0.2) is 64.2 Å². The van der Waals surface area contributed by atoms with E-state index in [4.69, 9.17) is 9.47 Å². The summed E-state index contributed by atoms with van der Waals surface area (Å²) < 4.78 is 13.3. The Hall–Kier alpha value is -2.01. The van der Waals surface area contributed by atoms with Crippen molar-refractivity contribution in [3.05, 3.63) is 73.8 Å². The van der Waals surface area contributed by atoms with E-state index in [1.807, 2.05) is 30.3 Å². The van der Waals surface area contributed by atoms with Crippen LogP contribution in [0, 0.1) is 3.57 Å². The molecule has 32 heavy (non-hydrogen) atoms. The predicted octanol–water partition coefficient (Wildman–Crippen LogP) is 4.57. The van der Waals surface area contributed by atoms with Crippen LogP contribution >= 0.6 is 38.5 Å². The number of carbonyl (C=O) groups is 1. The summed E-state index contributed by atoms with van der Waals surface area (Å²) in [6, 6.07) is 18.4. The normalized spacial score (nSPS) is 14.7. The first-order valence-corrected chi connectivity index (χ1v) is 12.2. The Kier molecular flexibility index (Phi) is 8.12. The maximum absolute atomic E-state index is 12.1. The molecule has 6 nitrogen and oxygen atoms in total. The van der Waals surface area contributed by atoms with Crippen LogP contribution in [-0.2, 0) is 16.1 Å². The van der Waals surface area contributed by atoms with Gasteiger partial charge in [-0.25, -0.2) is 5.43 Å². The molecular formula is C24H23BrIN3O3. The van der Waals surface area contributed by atoms with Gasteiger partial charge in [-0.15, -0.1) is 0 Å². The van der Waals surface area contributed by atoms with Gasteiger partial charge in [0.2, 0.25) is 0 Å². The number of hydrogen-bond donors (Lipinski definition) is 1. The molecule has 0 aromatic heterocycles. The average molecular weight is 608 g/mol. The van der Waals surface area contributed by atoms with Crippen molar-refractivity contribution in [3.8, 4) is 5.75 Å². The summed E-state index contributed by atoms with van der Waals surface area (Å²) in [6.45, 7) is 3.66. The van der Waals surface area contributed by atoms with Gasteiger partial charge in [-0.3, -0.25) is 9.69 Å². The first kappa shape index (κ1) is 23.2. The maximum atomic E-state index is 12.1. The highest BCUT2D eigenvalue weighted by atomic mass is 127. The third-order valence-corrected chi connectivity index (χ3v) is 6.54. The first-order valence-electron chi connectivity index (χ1n) is 10.3. The summed E-state index contributed by atoms with van der Waals surface area (Å²) in [5, 5.41) is 6.49. The van der Waals surface area contributed by atoms with Crippen LogP contribution in [0.1, 0.15) is 11.1 Å². The Morgan fingerprint density at radius 3 is 2.78 bits per heavy atom. The van der Waals surface area contributed by atoms with E-state index in [1.165, 1.54) is 10.8 Å². The third kappa shape index (κ3) is 6.06. The molecule has 1 aliphatic rings. The summed E-state index contributed by atoms with van der Waals surface area (Å²) in [5.41, 5.74) is 4.60. The number of benzene rings is 3. The quantitative estimate of drug-likeness (QED) is 0.243. The number of rotatable bonds is 7. The molecule has 1 fully saturated rings. The fourth-order valence-corrected chi connectivity index (χ4v) is 5.31. The second-order valence-corrected chi connectivity index (χ2v) is 9.44. The molecule has 1 saturated heterocycles. The lowest BCUT2D eigenvalue weighted by molar-refractivity contribution is -0.123. The molecule has 0 aliphatic carbocycles. The molecule has 0 radical (unpaired) electrons. The molecule has 1 heterocycles. The lowest BCUT2D eigenvalue weighted by atomic mass is 10.1. The highest BCUT2D eigenvalue weighted by Gasteiger charge is 2.14. The molecule has 166 valence electrons. The number of nitrogens with zero attached hydrogens (tertiary/aromatic N) is 2. The molecule has 0 unspecified atom stereocenters. The van der Waals surface area contributed by atoms with E-state index in [0.29, 0.717) is 26.4 Å². The second kappa shape index (κ2) is 11.2. The fraction of sp³-hybridized carbons (Fsp3) is 0.250. The van der Waals surface area contributed by atoms with Gasteiger partial charge >= 0.3 is 0 Å². The zero-order chi connectivity index (χ0) is 22.3. The van der Waals surface area contributed by atoms with E-state index >= 15 is 0 Å². The summed E-state index contributed by atoms with van der Waals surface area (Å²) in [7, 11) is 0. The molecule has 1 amide bonds. The molecule has 3 aromatic rings. The van der Waals surface area contributed by atoms with Crippen LogP contribution in [0.2, 0.25) is 0 Å². The minimum Gasteiger partial charge on any atom is -0.487 e. The van der Waals surface area contributed by atoms with Crippen molar-refractivity contribution < 1.29 is 14.3 Å². The van der Waals surface area contributed by atoms with Crippen LogP contribution in [0.3, 0.4) is 0 Å². The summed E-state index contributed by atoms with van der Waals surface area (Å²) >= 11 is 5.86. The summed E-state index contributed by atoms with van der Waals surface area (Å²) in [5.74, 6) is 0.652. The number of morpholine rings is 1. The lowest BCUT2D eigenvalue weighted by Gasteiger charge is -2.25. The van der Waals surface area contributed by atoms with E-state index in [0.717, 1.165) is 38.0 Å². The standard InChI is InChI=1S/C24H23BrIN3O3/c25-21-12-17(14-27-28-23(30)15-29-8-10-31-11-9-29)13-22(26)24(21)32-16-19-6-3-5-18-4-1-2-7-20(18)19/h1-7,12-14H,8-11,15-16H2,(H,28,30)/b27-14+. The second-order valence-electron chi connectivity index (χ2n) is 7.42. The first-order chi connectivity index (χ1) is 15.6. The minimum atomic E-state index is -0.132. The topological polar surface area (TPSA) is 63.2 Å². The highest BCUT2D eigenvalue weighted by Crippen LogP contribution is 2.33. The van der Waals surface area contributed by atoms with Gasteiger partial charge in [-0.2, -0.15) is 5.10 Å². The van der Waals surface area contributed by atoms with Crippen molar-refractivity contribution in [2.75, 3.05) is 32.8 Å². The molecule has 0 saturated carbocycles. The number of halogens is 2. The van der Waals surface area contributed by atoms with Gasteiger partial charge in [0.25, 0.3) is 5.91 Å². The Morgan fingerprint density at radius 2 is 1.97 bits per heavy atom. The van der Waals surface area contributed by atoms with E-state index in [9.17, 15) is 4.79 Å². The van der Waals surface area contributed by atoms with E-state index in [2.05, 4.69) is 78.2 Å². The van der Waals surface area contributed by atoms with Crippen molar-refractivity contribution in [1.29, 1.82) is 0 Å². The third-order valence-electron chi connectivity index (χ3n) is 5.15. The SMILES string of the molecule is O=C(CN1CCOCC1)N/N=C/c1cc(Br)c(OCc2cccc3ccccc23)c(I)c1. The van der Waals surface area contributed by atoms with Crippen LogP contribution in [-0.4, -0.2) is 49.9 Å². The number of ether oxygens (including phenoxy) is 2. The van der Waals surface area contributed by atoms with Crippen molar-refractivity contribution in [1.82, 2.24) is 10.3 Å². The predicted molar refractivity (Wildman–Crippen MR) is 138 cm³/mol. The Morgan fingerprint density at radius 1 is 1.19 bits per heavy atom. The van der Waals surface area contributed by atoms with Gasteiger partial charge in [0.05, 0.1) is 34.0 Å². The molecule has 0 atom stereocenters.